The van der Waals surface area contributed by atoms with Gasteiger partial charge in [0.25, 0.3) is 0 Å². The fourth-order valence-corrected chi connectivity index (χ4v) is 4.70. The maximum atomic E-state index is 12.6. The van der Waals surface area contributed by atoms with Gasteiger partial charge in [-0.3, -0.25) is 14.5 Å². The van der Waals surface area contributed by atoms with Crippen LogP contribution in [0.5, 0.6) is 0 Å². The van der Waals surface area contributed by atoms with Gasteiger partial charge in [0.05, 0.1) is 17.1 Å². The number of thiophene rings is 1. The largest absolute Gasteiger partial charge is 0.375 e. The van der Waals surface area contributed by atoms with Crippen LogP contribution in [0, 0.1) is 10.7 Å². The smallest absolute Gasteiger partial charge is 0.242 e. The average molecular weight is 364 g/mol. The Kier molecular flexibility index (Phi) is 4.28. The van der Waals surface area contributed by atoms with E-state index in [1.54, 1.807) is 15.9 Å². The van der Waals surface area contributed by atoms with E-state index in [2.05, 4.69) is 15.5 Å². The number of rotatable bonds is 5. The van der Waals surface area contributed by atoms with Crippen molar-refractivity contribution in [3.05, 3.63) is 22.3 Å². The number of carbonyl (C=O) groups is 1. The van der Waals surface area contributed by atoms with Crippen LogP contribution >= 0.6 is 23.6 Å². The first-order chi connectivity index (χ1) is 11.6. The highest BCUT2D eigenvalue weighted by atomic mass is 32.1. The Balaban J connectivity index is 1.45. The van der Waals surface area contributed by atoms with Crippen LogP contribution in [0.4, 0.5) is 0 Å². The standard InChI is InChI=1S/C16H20N4O2S2/c1-9(15(21)17-8-10-7-11-4-5-12(10)22-11)20-14(18-19-16(20)23)13-3-2-6-24-13/h2-3,6,9-12H,4-5,7-8H2,1H3,(H,17,21)(H,19,23)/t9-,10+,11+,12+/m0/s1. The normalized spacial score (nSPS) is 26.6. The molecule has 2 aromatic rings. The summed E-state index contributed by atoms with van der Waals surface area (Å²) in [6, 6.07) is 3.53. The van der Waals surface area contributed by atoms with Gasteiger partial charge in [-0.1, -0.05) is 6.07 Å². The molecule has 0 saturated carbocycles. The Morgan fingerprint density at radius 1 is 1.62 bits per heavy atom. The molecular weight excluding hydrogens is 344 g/mol. The van der Waals surface area contributed by atoms with Gasteiger partial charge in [-0.25, -0.2) is 0 Å². The van der Waals surface area contributed by atoms with Crippen LogP contribution in [-0.4, -0.2) is 39.4 Å². The minimum atomic E-state index is -0.409. The molecule has 4 heterocycles. The van der Waals surface area contributed by atoms with E-state index in [1.807, 2.05) is 24.4 Å². The van der Waals surface area contributed by atoms with Crippen molar-refractivity contribution in [1.82, 2.24) is 20.1 Å². The van der Waals surface area contributed by atoms with E-state index >= 15 is 0 Å². The van der Waals surface area contributed by atoms with Crippen LogP contribution in [0.25, 0.3) is 10.7 Å². The third-order valence-corrected chi connectivity index (χ3v) is 6.14. The Morgan fingerprint density at radius 2 is 2.50 bits per heavy atom. The van der Waals surface area contributed by atoms with E-state index in [0.717, 1.165) is 17.7 Å². The second-order valence-corrected chi connectivity index (χ2v) is 7.82. The van der Waals surface area contributed by atoms with Crippen molar-refractivity contribution in [3.63, 3.8) is 0 Å². The number of hydrogen-bond acceptors (Lipinski definition) is 5. The van der Waals surface area contributed by atoms with Gasteiger partial charge in [-0.2, -0.15) is 5.10 Å². The number of carbonyl (C=O) groups excluding carboxylic acids is 1. The zero-order valence-electron chi connectivity index (χ0n) is 13.4. The summed E-state index contributed by atoms with van der Waals surface area (Å²) in [4.78, 5) is 13.6. The van der Waals surface area contributed by atoms with Gasteiger partial charge in [0.2, 0.25) is 5.91 Å². The summed E-state index contributed by atoms with van der Waals surface area (Å²) in [6.45, 7) is 2.53. The molecule has 0 spiro atoms. The van der Waals surface area contributed by atoms with Gasteiger partial charge in [0.15, 0.2) is 10.6 Å². The molecule has 0 aliphatic carbocycles. The van der Waals surface area contributed by atoms with E-state index < -0.39 is 6.04 Å². The SMILES string of the molecule is C[C@@H](C(=O)NC[C@H]1C[C@H]2CC[C@H]1O2)n1c(-c2cccs2)n[nH]c1=S. The van der Waals surface area contributed by atoms with E-state index in [4.69, 9.17) is 17.0 Å². The molecule has 2 aliphatic heterocycles. The molecule has 4 atom stereocenters. The fourth-order valence-electron chi connectivity index (χ4n) is 3.70. The van der Waals surface area contributed by atoms with Gasteiger partial charge in [-0.15, -0.1) is 11.3 Å². The lowest BCUT2D eigenvalue weighted by Gasteiger charge is -2.21. The Hall–Kier alpha value is -1.51. The second-order valence-electron chi connectivity index (χ2n) is 6.49. The third-order valence-electron chi connectivity index (χ3n) is 4.98. The van der Waals surface area contributed by atoms with E-state index in [0.29, 0.717) is 35.3 Å². The van der Waals surface area contributed by atoms with Gasteiger partial charge in [0.1, 0.15) is 6.04 Å². The van der Waals surface area contributed by atoms with Crippen LogP contribution < -0.4 is 5.32 Å². The first-order valence-electron chi connectivity index (χ1n) is 8.27. The monoisotopic (exact) mass is 364 g/mol. The summed E-state index contributed by atoms with van der Waals surface area (Å²) in [6.07, 6.45) is 4.08. The molecule has 24 heavy (non-hydrogen) atoms. The summed E-state index contributed by atoms with van der Waals surface area (Å²) < 4.78 is 8.10. The van der Waals surface area contributed by atoms with Gasteiger partial charge in [0, 0.05) is 12.5 Å². The number of aromatic amines is 1. The molecule has 2 saturated heterocycles. The average Bonchev–Trinajstić information content (AvgIpc) is 3.34. The van der Waals surface area contributed by atoms with Crippen molar-refractivity contribution in [1.29, 1.82) is 0 Å². The van der Waals surface area contributed by atoms with Gasteiger partial charge >= 0.3 is 0 Å². The van der Waals surface area contributed by atoms with Gasteiger partial charge < -0.3 is 10.1 Å². The second kappa shape index (κ2) is 6.42. The fraction of sp³-hybridized carbons (Fsp3) is 0.562. The number of aromatic nitrogens is 3. The lowest BCUT2D eigenvalue weighted by Crippen LogP contribution is -2.37. The first-order valence-corrected chi connectivity index (χ1v) is 9.56. The first kappa shape index (κ1) is 16.0. The number of H-pyrrole nitrogens is 1. The number of hydrogen-bond donors (Lipinski definition) is 2. The summed E-state index contributed by atoms with van der Waals surface area (Å²) in [5, 5.41) is 12.1. The summed E-state index contributed by atoms with van der Waals surface area (Å²) >= 11 is 6.90. The molecule has 2 aromatic heterocycles. The molecule has 2 aliphatic rings. The zero-order chi connectivity index (χ0) is 16.7. The zero-order valence-corrected chi connectivity index (χ0v) is 15.0. The number of nitrogens with zero attached hydrogens (tertiary/aromatic N) is 2. The summed E-state index contributed by atoms with van der Waals surface area (Å²) in [5.74, 6) is 1.11. The summed E-state index contributed by atoms with van der Waals surface area (Å²) in [5.41, 5.74) is 0. The van der Waals surface area contributed by atoms with Crippen molar-refractivity contribution in [2.45, 2.75) is 44.4 Å². The molecule has 128 valence electrons. The van der Waals surface area contributed by atoms with Crippen LogP contribution in [0.3, 0.4) is 0 Å². The molecule has 4 rings (SSSR count). The molecule has 0 unspecified atom stereocenters. The topological polar surface area (TPSA) is 71.9 Å². The molecule has 6 nitrogen and oxygen atoms in total. The van der Waals surface area contributed by atoms with E-state index in [1.165, 1.54) is 6.42 Å². The lowest BCUT2D eigenvalue weighted by molar-refractivity contribution is -0.124. The number of amides is 1. The molecule has 2 N–H and O–H groups in total. The molecule has 0 radical (unpaired) electrons. The Bertz CT molecular complexity index is 782. The number of ether oxygens (including phenoxy) is 1. The Morgan fingerprint density at radius 3 is 3.17 bits per heavy atom. The molecule has 0 aromatic carbocycles. The quantitative estimate of drug-likeness (QED) is 0.800. The van der Waals surface area contributed by atoms with E-state index in [-0.39, 0.29) is 5.91 Å². The van der Waals surface area contributed by atoms with Crippen LogP contribution in [-0.2, 0) is 9.53 Å². The highest BCUT2D eigenvalue weighted by Gasteiger charge is 2.40. The van der Waals surface area contributed by atoms with E-state index in [9.17, 15) is 4.79 Å². The molecule has 2 bridgehead atoms. The molecule has 1 amide bonds. The maximum Gasteiger partial charge on any atom is 0.242 e. The molecule has 8 heteroatoms. The van der Waals surface area contributed by atoms with Crippen molar-refractivity contribution >= 4 is 29.5 Å². The Labute approximate surface area is 149 Å². The minimum Gasteiger partial charge on any atom is -0.375 e. The minimum absolute atomic E-state index is 0.0342. The highest BCUT2D eigenvalue weighted by molar-refractivity contribution is 7.71. The predicted octanol–water partition coefficient (Wildman–Crippen LogP) is 2.91. The third kappa shape index (κ3) is 2.82. The predicted molar refractivity (Wildman–Crippen MR) is 94.4 cm³/mol. The lowest BCUT2D eigenvalue weighted by atomic mass is 9.89. The van der Waals surface area contributed by atoms with Crippen molar-refractivity contribution in [2.75, 3.05) is 6.54 Å². The van der Waals surface area contributed by atoms with Crippen LogP contribution in [0.15, 0.2) is 17.5 Å². The van der Waals surface area contributed by atoms with Crippen molar-refractivity contribution < 1.29 is 9.53 Å². The van der Waals surface area contributed by atoms with Crippen LogP contribution in [0.1, 0.15) is 32.2 Å². The number of fused-ring (bicyclic) bond motifs is 2. The van der Waals surface area contributed by atoms with Crippen molar-refractivity contribution in [3.8, 4) is 10.7 Å². The number of nitrogens with one attached hydrogen (secondary N) is 2. The molecular formula is C16H20N4O2S2. The van der Waals surface area contributed by atoms with Crippen molar-refractivity contribution in [2.24, 2.45) is 5.92 Å². The molecule has 2 fully saturated rings. The van der Waals surface area contributed by atoms with Crippen LogP contribution in [0.2, 0.25) is 0 Å². The summed E-state index contributed by atoms with van der Waals surface area (Å²) in [7, 11) is 0. The maximum absolute atomic E-state index is 12.6. The van der Waals surface area contributed by atoms with Gasteiger partial charge in [-0.05, 0) is 49.9 Å². The highest BCUT2D eigenvalue weighted by Crippen LogP contribution is 2.38.